The van der Waals surface area contributed by atoms with Gasteiger partial charge in [0.05, 0.1) is 0 Å². The first-order valence-electron chi connectivity index (χ1n) is 5.45. The summed E-state index contributed by atoms with van der Waals surface area (Å²) in [6.45, 7) is 3.17. The average molecular weight is 211 g/mol. The molecular formula is C10H17N3S. The summed E-state index contributed by atoms with van der Waals surface area (Å²) in [5.41, 5.74) is 0. The number of rotatable bonds is 4. The van der Waals surface area contributed by atoms with Crippen molar-refractivity contribution in [3.05, 3.63) is 5.82 Å². The lowest BCUT2D eigenvalue weighted by atomic mass is 10.1. The van der Waals surface area contributed by atoms with Crippen LogP contribution in [0.3, 0.4) is 0 Å². The largest absolute Gasteiger partial charge is 0.360 e. The van der Waals surface area contributed by atoms with Crippen LogP contribution in [0.25, 0.3) is 0 Å². The molecule has 0 spiro atoms. The zero-order chi connectivity index (χ0) is 9.80. The van der Waals surface area contributed by atoms with E-state index in [4.69, 9.17) is 0 Å². The minimum absolute atomic E-state index is 0.865. The van der Waals surface area contributed by atoms with Gasteiger partial charge in [0.2, 0.25) is 5.13 Å². The second-order valence-corrected chi connectivity index (χ2v) is 4.65. The van der Waals surface area contributed by atoms with Crippen LogP contribution >= 0.6 is 11.5 Å². The third-order valence-corrected chi connectivity index (χ3v) is 3.51. The summed E-state index contributed by atoms with van der Waals surface area (Å²) >= 11 is 1.49. The number of nitrogens with one attached hydrogen (secondary N) is 1. The smallest absolute Gasteiger partial charge is 0.202 e. The van der Waals surface area contributed by atoms with E-state index in [1.165, 1.54) is 37.2 Å². The molecule has 1 aromatic rings. The van der Waals surface area contributed by atoms with E-state index in [0.717, 1.165) is 29.8 Å². The Morgan fingerprint density at radius 3 is 2.86 bits per heavy atom. The van der Waals surface area contributed by atoms with Crippen LogP contribution in [0.4, 0.5) is 5.13 Å². The van der Waals surface area contributed by atoms with Gasteiger partial charge in [0.1, 0.15) is 5.82 Å². The van der Waals surface area contributed by atoms with Crippen molar-refractivity contribution in [1.82, 2.24) is 9.36 Å². The van der Waals surface area contributed by atoms with Crippen molar-refractivity contribution in [3.63, 3.8) is 0 Å². The molecule has 0 atom stereocenters. The molecule has 0 radical (unpaired) electrons. The fourth-order valence-electron chi connectivity index (χ4n) is 1.92. The molecule has 78 valence electrons. The maximum atomic E-state index is 4.39. The second kappa shape index (κ2) is 4.73. The van der Waals surface area contributed by atoms with E-state index in [1.54, 1.807) is 0 Å². The molecule has 4 heteroatoms. The van der Waals surface area contributed by atoms with Crippen LogP contribution in [0.5, 0.6) is 0 Å². The molecule has 1 saturated carbocycles. The molecule has 0 aromatic carbocycles. The van der Waals surface area contributed by atoms with Gasteiger partial charge in [-0.25, -0.2) is 4.98 Å². The van der Waals surface area contributed by atoms with Crippen molar-refractivity contribution in [2.24, 2.45) is 5.92 Å². The van der Waals surface area contributed by atoms with E-state index in [1.807, 2.05) is 0 Å². The molecule has 0 amide bonds. The van der Waals surface area contributed by atoms with Crippen LogP contribution in [-0.2, 0) is 6.42 Å². The molecule has 2 rings (SSSR count). The van der Waals surface area contributed by atoms with Crippen LogP contribution in [0, 0.1) is 5.92 Å². The zero-order valence-electron chi connectivity index (χ0n) is 8.62. The summed E-state index contributed by atoms with van der Waals surface area (Å²) in [5.74, 6) is 1.83. The highest BCUT2D eigenvalue weighted by molar-refractivity contribution is 7.09. The van der Waals surface area contributed by atoms with Gasteiger partial charge in [0, 0.05) is 24.5 Å². The lowest BCUT2D eigenvalue weighted by Gasteiger charge is -2.08. The Bertz CT molecular complexity index is 279. The lowest BCUT2D eigenvalue weighted by Crippen LogP contribution is -2.10. The van der Waals surface area contributed by atoms with E-state index in [2.05, 4.69) is 21.6 Å². The first kappa shape index (κ1) is 9.90. The minimum Gasteiger partial charge on any atom is -0.360 e. The topological polar surface area (TPSA) is 37.8 Å². The maximum Gasteiger partial charge on any atom is 0.202 e. The fraction of sp³-hybridized carbons (Fsp3) is 0.800. The highest BCUT2D eigenvalue weighted by Gasteiger charge is 2.14. The first-order chi connectivity index (χ1) is 6.88. The van der Waals surface area contributed by atoms with Gasteiger partial charge in [0.15, 0.2) is 0 Å². The second-order valence-electron chi connectivity index (χ2n) is 3.90. The van der Waals surface area contributed by atoms with Crippen LogP contribution in [0.2, 0.25) is 0 Å². The van der Waals surface area contributed by atoms with Crippen molar-refractivity contribution in [2.75, 3.05) is 11.9 Å². The third kappa shape index (κ3) is 2.44. The standard InChI is InChI=1S/C10H17N3S/c1-2-9-12-10(14-13-9)11-7-8-5-3-4-6-8/h8H,2-7H2,1H3,(H,11,12,13). The lowest BCUT2D eigenvalue weighted by molar-refractivity contribution is 0.579. The monoisotopic (exact) mass is 211 g/mol. The molecule has 0 unspecified atom stereocenters. The van der Waals surface area contributed by atoms with Crippen LogP contribution in [0.1, 0.15) is 38.4 Å². The van der Waals surface area contributed by atoms with E-state index in [-0.39, 0.29) is 0 Å². The van der Waals surface area contributed by atoms with Crippen LogP contribution in [-0.4, -0.2) is 15.9 Å². The SMILES string of the molecule is CCc1nsc(NCC2CCCC2)n1. The molecule has 1 aliphatic rings. The quantitative estimate of drug-likeness (QED) is 0.832. The van der Waals surface area contributed by atoms with Gasteiger partial charge < -0.3 is 5.32 Å². The van der Waals surface area contributed by atoms with Gasteiger partial charge in [-0.2, -0.15) is 4.37 Å². The molecular weight excluding hydrogens is 194 g/mol. The van der Waals surface area contributed by atoms with Gasteiger partial charge in [-0.15, -0.1) is 0 Å². The van der Waals surface area contributed by atoms with E-state index < -0.39 is 0 Å². The molecule has 14 heavy (non-hydrogen) atoms. The highest BCUT2D eigenvalue weighted by Crippen LogP contribution is 2.25. The van der Waals surface area contributed by atoms with Gasteiger partial charge in [0.25, 0.3) is 0 Å². The summed E-state index contributed by atoms with van der Waals surface area (Å²) in [6.07, 6.45) is 6.51. The summed E-state index contributed by atoms with van der Waals surface area (Å²) < 4.78 is 4.25. The molecule has 1 aliphatic carbocycles. The minimum atomic E-state index is 0.865. The normalized spacial score (nSPS) is 17.5. The van der Waals surface area contributed by atoms with Gasteiger partial charge >= 0.3 is 0 Å². The van der Waals surface area contributed by atoms with Crippen molar-refractivity contribution in [3.8, 4) is 0 Å². The van der Waals surface area contributed by atoms with Crippen molar-refractivity contribution >= 4 is 16.7 Å². The Balaban J connectivity index is 1.79. The Labute approximate surface area is 89.1 Å². The summed E-state index contributed by atoms with van der Waals surface area (Å²) in [7, 11) is 0. The molecule has 3 nitrogen and oxygen atoms in total. The zero-order valence-corrected chi connectivity index (χ0v) is 9.44. The Hall–Kier alpha value is -0.640. The van der Waals surface area contributed by atoms with E-state index in [0.29, 0.717) is 0 Å². The Kier molecular flexibility index (Phi) is 3.35. The average Bonchev–Trinajstić information content (AvgIpc) is 2.86. The molecule has 1 fully saturated rings. The number of anilines is 1. The molecule has 1 heterocycles. The highest BCUT2D eigenvalue weighted by atomic mass is 32.1. The predicted molar refractivity (Wildman–Crippen MR) is 59.7 cm³/mol. The number of hydrogen-bond acceptors (Lipinski definition) is 4. The number of nitrogens with zero attached hydrogens (tertiary/aromatic N) is 2. The third-order valence-electron chi connectivity index (χ3n) is 2.80. The predicted octanol–water partition coefficient (Wildman–Crippen LogP) is 2.70. The number of hydrogen-bond donors (Lipinski definition) is 1. The maximum absolute atomic E-state index is 4.39. The molecule has 0 saturated heterocycles. The molecule has 1 aromatic heterocycles. The van der Waals surface area contributed by atoms with Gasteiger partial charge in [-0.3, -0.25) is 0 Å². The summed E-state index contributed by atoms with van der Waals surface area (Å²) in [5, 5.41) is 4.38. The first-order valence-corrected chi connectivity index (χ1v) is 6.22. The summed E-state index contributed by atoms with van der Waals surface area (Å²) in [6, 6.07) is 0. The van der Waals surface area contributed by atoms with Crippen molar-refractivity contribution in [1.29, 1.82) is 0 Å². The molecule has 1 N–H and O–H groups in total. The number of aryl methyl sites for hydroxylation is 1. The molecule has 0 aliphatic heterocycles. The van der Waals surface area contributed by atoms with Crippen molar-refractivity contribution in [2.45, 2.75) is 39.0 Å². The Morgan fingerprint density at radius 2 is 2.21 bits per heavy atom. The fourth-order valence-corrected chi connectivity index (χ4v) is 2.57. The number of aromatic nitrogens is 2. The van der Waals surface area contributed by atoms with Crippen molar-refractivity contribution < 1.29 is 0 Å². The van der Waals surface area contributed by atoms with Gasteiger partial charge in [-0.1, -0.05) is 19.8 Å². The van der Waals surface area contributed by atoms with Gasteiger partial charge in [-0.05, 0) is 18.8 Å². The Morgan fingerprint density at radius 1 is 1.43 bits per heavy atom. The van der Waals surface area contributed by atoms with E-state index in [9.17, 15) is 0 Å². The van der Waals surface area contributed by atoms with Crippen LogP contribution < -0.4 is 5.32 Å². The summed E-state index contributed by atoms with van der Waals surface area (Å²) in [4.78, 5) is 4.39. The van der Waals surface area contributed by atoms with E-state index >= 15 is 0 Å². The molecule has 0 bridgehead atoms. The van der Waals surface area contributed by atoms with Crippen LogP contribution in [0.15, 0.2) is 0 Å².